The number of nitrogens with one attached hydrogen (secondary N) is 2. The highest BCUT2D eigenvalue weighted by Crippen LogP contribution is 2.18. The summed E-state index contributed by atoms with van der Waals surface area (Å²) in [6, 6.07) is 16.0. The molecule has 2 fully saturated rings. The second kappa shape index (κ2) is 10.6. The van der Waals surface area contributed by atoms with Crippen LogP contribution in [0.25, 0.3) is 0 Å². The second-order valence-electron chi connectivity index (χ2n) is 9.22. The molecule has 2 heterocycles. The molecule has 0 aromatic heterocycles. The largest absolute Gasteiger partial charge is 0.338 e. The van der Waals surface area contributed by atoms with Crippen molar-refractivity contribution in [3.05, 3.63) is 65.2 Å². The van der Waals surface area contributed by atoms with Gasteiger partial charge in [0.2, 0.25) is 5.91 Å². The van der Waals surface area contributed by atoms with Crippen LogP contribution in [0.3, 0.4) is 0 Å². The number of urea groups is 1. The Kier molecular flexibility index (Phi) is 7.43. The molecule has 0 bridgehead atoms. The number of carbonyl (C=O) groups is 2. The third kappa shape index (κ3) is 6.33. The topological polar surface area (TPSA) is 64.7 Å². The van der Waals surface area contributed by atoms with Crippen LogP contribution in [-0.2, 0) is 24.4 Å². The minimum Gasteiger partial charge on any atom is -0.338 e. The van der Waals surface area contributed by atoms with Gasteiger partial charge in [0.05, 0.1) is 0 Å². The number of carbonyl (C=O) groups excluding carboxylic acids is 2. The van der Waals surface area contributed by atoms with Crippen LogP contribution in [0.4, 0.5) is 10.5 Å². The van der Waals surface area contributed by atoms with Crippen LogP contribution < -0.4 is 10.6 Å². The molecular formula is C26H34N4O2. The Balaban J connectivity index is 1.20. The summed E-state index contributed by atoms with van der Waals surface area (Å²) in [6.45, 7) is 7.66. The maximum atomic E-state index is 12.3. The fourth-order valence-corrected chi connectivity index (χ4v) is 4.59. The van der Waals surface area contributed by atoms with Crippen molar-refractivity contribution in [1.29, 1.82) is 0 Å². The number of hydrogen-bond acceptors (Lipinski definition) is 3. The smallest absolute Gasteiger partial charge is 0.319 e. The van der Waals surface area contributed by atoms with Gasteiger partial charge < -0.3 is 15.5 Å². The monoisotopic (exact) mass is 434 g/mol. The molecule has 4 rings (SSSR count). The molecule has 6 nitrogen and oxygen atoms in total. The number of rotatable bonds is 7. The van der Waals surface area contributed by atoms with Crippen molar-refractivity contribution >= 4 is 17.6 Å². The first kappa shape index (κ1) is 22.3. The van der Waals surface area contributed by atoms with E-state index in [4.69, 9.17) is 0 Å². The summed E-state index contributed by atoms with van der Waals surface area (Å²) in [7, 11) is 0. The first-order chi connectivity index (χ1) is 15.5. The minimum absolute atomic E-state index is 0.223. The zero-order valence-corrected chi connectivity index (χ0v) is 19.0. The predicted molar refractivity (Wildman–Crippen MR) is 127 cm³/mol. The molecule has 2 aromatic carbocycles. The Labute approximate surface area is 191 Å². The summed E-state index contributed by atoms with van der Waals surface area (Å²) in [5.41, 5.74) is 4.22. The molecule has 2 saturated heterocycles. The SMILES string of the molecule is CC1CCCN(Cc2ccc(CNC(=O)Nc3ccc(CN4CCCC4=O)cc3)cc2)C1. The molecule has 1 atom stereocenters. The van der Waals surface area contributed by atoms with Crippen molar-refractivity contribution in [2.75, 3.05) is 25.0 Å². The minimum atomic E-state index is -0.223. The van der Waals surface area contributed by atoms with Gasteiger partial charge in [-0.05, 0) is 60.5 Å². The number of nitrogens with zero attached hydrogens (tertiary/aromatic N) is 2. The molecule has 2 aliphatic heterocycles. The molecule has 3 amide bonds. The van der Waals surface area contributed by atoms with E-state index >= 15 is 0 Å². The first-order valence-corrected chi connectivity index (χ1v) is 11.8. The maximum Gasteiger partial charge on any atom is 0.319 e. The van der Waals surface area contributed by atoms with E-state index in [1.165, 1.54) is 31.5 Å². The third-order valence-electron chi connectivity index (χ3n) is 6.38. The Bertz CT molecular complexity index is 910. The van der Waals surface area contributed by atoms with Crippen LogP contribution >= 0.6 is 0 Å². The van der Waals surface area contributed by atoms with Gasteiger partial charge in [0.1, 0.15) is 0 Å². The summed E-state index contributed by atoms with van der Waals surface area (Å²) >= 11 is 0. The molecule has 0 spiro atoms. The highest BCUT2D eigenvalue weighted by molar-refractivity contribution is 5.89. The Morgan fingerprint density at radius 2 is 1.62 bits per heavy atom. The van der Waals surface area contributed by atoms with Gasteiger partial charge in [-0.2, -0.15) is 0 Å². The lowest BCUT2D eigenvalue weighted by molar-refractivity contribution is -0.128. The molecule has 1 unspecified atom stereocenters. The highest BCUT2D eigenvalue weighted by Gasteiger charge is 2.20. The van der Waals surface area contributed by atoms with Gasteiger partial charge in [-0.1, -0.05) is 43.3 Å². The van der Waals surface area contributed by atoms with Crippen LogP contribution in [0.15, 0.2) is 48.5 Å². The molecule has 2 N–H and O–H groups in total. The molecule has 32 heavy (non-hydrogen) atoms. The van der Waals surface area contributed by atoms with E-state index in [-0.39, 0.29) is 11.9 Å². The van der Waals surface area contributed by atoms with E-state index < -0.39 is 0 Å². The zero-order valence-electron chi connectivity index (χ0n) is 19.0. The molecule has 0 aliphatic carbocycles. The second-order valence-corrected chi connectivity index (χ2v) is 9.22. The fraction of sp³-hybridized carbons (Fsp3) is 0.462. The molecule has 0 saturated carbocycles. The average Bonchev–Trinajstić information content (AvgIpc) is 3.19. The van der Waals surface area contributed by atoms with Crippen molar-refractivity contribution in [3.8, 4) is 0 Å². The van der Waals surface area contributed by atoms with Gasteiger partial charge in [0.25, 0.3) is 0 Å². The fourth-order valence-electron chi connectivity index (χ4n) is 4.59. The molecule has 6 heteroatoms. The number of amides is 3. The Morgan fingerprint density at radius 3 is 2.31 bits per heavy atom. The predicted octanol–water partition coefficient (Wildman–Crippen LogP) is 4.36. The van der Waals surface area contributed by atoms with E-state index in [2.05, 4.69) is 46.7 Å². The standard InChI is InChI=1S/C26H34N4O2/c1-20-4-2-14-29(17-20)18-22-8-6-21(7-9-22)16-27-26(32)28-24-12-10-23(11-13-24)19-30-15-3-5-25(30)31/h6-13,20H,2-5,14-19H2,1H3,(H2,27,28,32). The third-order valence-corrected chi connectivity index (χ3v) is 6.38. The molecular weight excluding hydrogens is 400 g/mol. The molecule has 170 valence electrons. The van der Waals surface area contributed by atoms with Crippen LogP contribution in [0, 0.1) is 5.92 Å². The van der Waals surface area contributed by atoms with E-state index in [0.717, 1.165) is 42.2 Å². The number of hydrogen-bond donors (Lipinski definition) is 2. The lowest BCUT2D eigenvalue weighted by Crippen LogP contribution is -2.33. The number of anilines is 1. The van der Waals surface area contributed by atoms with E-state index in [1.807, 2.05) is 29.2 Å². The lowest BCUT2D eigenvalue weighted by Gasteiger charge is -2.30. The zero-order chi connectivity index (χ0) is 22.3. The van der Waals surface area contributed by atoms with Gasteiger partial charge in [0, 0.05) is 44.8 Å². The van der Waals surface area contributed by atoms with Gasteiger partial charge in [-0.25, -0.2) is 4.79 Å². The van der Waals surface area contributed by atoms with E-state index in [9.17, 15) is 9.59 Å². The van der Waals surface area contributed by atoms with Crippen molar-refractivity contribution < 1.29 is 9.59 Å². The number of piperidine rings is 1. The van der Waals surface area contributed by atoms with E-state index in [1.54, 1.807) is 0 Å². The number of benzene rings is 2. The van der Waals surface area contributed by atoms with Crippen LogP contribution in [0.1, 0.15) is 49.3 Å². The summed E-state index contributed by atoms with van der Waals surface area (Å²) in [4.78, 5) is 28.4. The summed E-state index contributed by atoms with van der Waals surface area (Å²) in [5.74, 6) is 1.01. The van der Waals surface area contributed by atoms with Gasteiger partial charge in [-0.3, -0.25) is 9.69 Å². The normalized spacial score (nSPS) is 19.2. The summed E-state index contributed by atoms with van der Waals surface area (Å²) in [5, 5.41) is 5.79. The quantitative estimate of drug-likeness (QED) is 0.680. The first-order valence-electron chi connectivity index (χ1n) is 11.8. The Morgan fingerprint density at radius 1 is 0.938 bits per heavy atom. The van der Waals surface area contributed by atoms with Crippen molar-refractivity contribution in [2.45, 2.75) is 52.2 Å². The average molecular weight is 435 g/mol. The van der Waals surface area contributed by atoms with Crippen LogP contribution in [-0.4, -0.2) is 41.4 Å². The molecule has 2 aromatic rings. The number of likely N-dealkylation sites (tertiary alicyclic amines) is 2. The van der Waals surface area contributed by atoms with Crippen LogP contribution in [0.5, 0.6) is 0 Å². The summed E-state index contributed by atoms with van der Waals surface area (Å²) < 4.78 is 0. The van der Waals surface area contributed by atoms with Gasteiger partial charge in [-0.15, -0.1) is 0 Å². The maximum absolute atomic E-state index is 12.3. The molecule has 2 aliphatic rings. The van der Waals surface area contributed by atoms with Gasteiger partial charge in [0.15, 0.2) is 0 Å². The van der Waals surface area contributed by atoms with Crippen LogP contribution in [0.2, 0.25) is 0 Å². The molecule has 0 radical (unpaired) electrons. The Hall–Kier alpha value is -2.86. The van der Waals surface area contributed by atoms with E-state index in [0.29, 0.717) is 19.5 Å². The van der Waals surface area contributed by atoms with Crippen molar-refractivity contribution in [1.82, 2.24) is 15.1 Å². The van der Waals surface area contributed by atoms with Gasteiger partial charge >= 0.3 is 6.03 Å². The van der Waals surface area contributed by atoms with Crippen molar-refractivity contribution in [3.63, 3.8) is 0 Å². The highest BCUT2D eigenvalue weighted by atomic mass is 16.2. The summed E-state index contributed by atoms with van der Waals surface area (Å²) in [6.07, 6.45) is 4.23. The van der Waals surface area contributed by atoms with Crippen molar-refractivity contribution in [2.24, 2.45) is 5.92 Å². The lowest BCUT2D eigenvalue weighted by atomic mass is 9.99.